The van der Waals surface area contributed by atoms with Crippen LogP contribution in [-0.2, 0) is 10.0 Å². The molecule has 1 aromatic rings. The average molecular weight is 275 g/mol. The number of carbonyl (C=O) groups is 1. The van der Waals surface area contributed by atoms with Gasteiger partial charge in [-0.05, 0) is 31.5 Å². The summed E-state index contributed by atoms with van der Waals surface area (Å²) in [5.41, 5.74) is -0.665. The highest BCUT2D eigenvalue weighted by molar-refractivity contribution is 7.89. The fourth-order valence-electron chi connectivity index (χ4n) is 1.25. The van der Waals surface area contributed by atoms with Crippen LogP contribution in [0.1, 0.15) is 30.6 Å². The second-order valence-corrected chi connectivity index (χ2v) is 5.59. The van der Waals surface area contributed by atoms with Gasteiger partial charge in [0.05, 0.1) is 10.5 Å². The molecule has 0 aliphatic heterocycles. The van der Waals surface area contributed by atoms with Crippen LogP contribution in [-0.4, -0.2) is 25.5 Å². The minimum atomic E-state index is -3.82. The van der Waals surface area contributed by atoms with Crippen LogP contribution in [0.25, 0.3) is 0 Å². The van der Waals surface area contributed by atoms with Crippen molar-refractivity contribution >= 4 is 16.0 Å². The first-order chi connectivity index (χ1) is 8.27. The zero-order chi connectivity index (χ0) is 13.9. The molecule has 1 atom stereocenters. The molecule has 1 rings (SSSR count). The molecule has 0 spiro atoms. The first-order valence-corrected chi connectivity index (χ1v) is 6.81. The van der Waals surface area contributed by atoms with Crippen LogP contribution in [0.2, 0.25) is 0 Å². The van der Waals surface area contributed by atoms with Gasteiger partial charge in [0.2, 0.25) is 10.0 Å². The van der Waals surface area contributed by atoms with E-state index >= 15 is 0 Å². The van der Waals surface area contributed by atoms with Crippen molar-refractivity contribution in [3.63, 3.8) is 0 Å². The molecule has 1 aromatic carbocycles. The van der Waals surface area contributed by atoms with Gasteiger partial charge in [-0.2, -0.15) is 0 Å². The van der Waals surface area contributed by atoms with Crippen molar-refractivity contribution < 1.29 is 22.7 Å². The summed E-state index contributed by atoms with van der Waals surface area (Å²) < 4.78 is 39.2. The number of rotatable bonds is 5. The van der Waals surface area contributed by atoms with Gasteiger partial charge in [0.25, 0.3) is 0 Å². The van der Waals surface area contributed by atoms with E-state index in [9.17, 15) is 17.6 Å². The second-order valence-electron chi connectivity index (χ2n) is 3.88. The largest absolute Gasteiger partial charge is 0.478 e. The predicted octanol–water partition coefficient (Wildman–Crippen LogP) is 1.60. The Morgan fingerprint density at radius 2 is 2.11 bits per heavy atom. The van der Waals surface area contributed by atoms with Crippen LogP contribution in [0.5, 0.6) is 0 Å². The molecule has 18 heavy (non-hydrogen) atoms. The third-order valence-electron chi connectivity index (χ3n) is 2.45. The Morgan fingerprint density at radius 1 is 1.50 bits per heavy atom. The van der Waals surface area contributed by atoms with E-state index in [0.29, 0.717) is 6.42 Å². The molecule has 0 aliphatic rings. The zero-order valence-electron chi connectivity index (χ0n) is 9.97. The van der Waals surface area contributed by atoms with Crippen LogP contribution in [0.4, 0.5) is 4.39 Å². The molecule has 0 saturated carbocycles. The molecule has 2 N–H and O–H groups in total. The fourth-order valence-corrected chi connectivity index (χ4v) is 2.60. The molecule has 0 heterocycles. The third-order valence-corrected chi connectivity index (χ3v) is 4.03. The van der Waals surface area contributed by atoms with E-state index in [0.717, 1.165) is 18.2 Å². The van der Waals surface area contributed by atoms with Crippen molar-refractivity contribution in [1.29, 1.82) is 0 Å². The number of aromatic carboxylic acids is 1. The lowest BCUT2D eigenvalue weighted by Gasteiger charge is -2.12. The third kappa shape index (κ3) is 3.27. The summed E-state index contributed by atoms with van der Waals surface area (Å²) in [5, 5.41) is 8.73. The number of benzene rings is 1. The van der Waals surface area contributed by atoms with Gasteiger partial charge in [0.1, 0.15) is 5.82 Å². The Bertz CT molecular complexity index is 556. The summed E-state index contributed by atoms with van der Waals surface area (Å²) in [6.45, 7) is 3.49. The van der Waals surface area contributed by atoms with E-state index in [4.69, 9.17) is 5.11 Å². The first-order valence-electron chi connectivity index (χ1n) is 5.33. The molecule has 0 saturated heterocycles. The van der Waals surface area contributed by atoms with Gasteiger partial charge in [0, 0.05) is 6.04 Å². The van der Waals surface area contributed by atoms with Gasteiger partial charge in [-0.3, -0.25) is 0 Å². The molecule has 100 valence electrons. The summed E-state index contributed by atoms with van der Waals surface area (Å²) >= 11 is 0. The maximum Gasteiger partial charge on any atom is 0.338 e. The summed E-state index contributed by atoms with van der Waals surface area (Å²) in [4.78, 5) is 10.5. The zero-order valence-corrected chi connectivity index (χ0v) is 10.8. The van der Waals surface area contributed by atoms with Crippen molar-refractivity contribution in [3.05, 3.63) is 29.6 Å². The minimum Gasteiger partial charge on any atom is -0.478 e. The van der Waals surface area contributed by atoms with Gasteiger partial charge in [-0.15, -0.1) is 0 Å². The molecule has 0 unspecified atom stereocenters. The molecule has 0 amide bonds. The van der Waals surface area contributed by atoms with Crippen LogP contribution < -0.4 is 4.72 Å². The van der Waals surface area contributed by atoms with E-state index in [1.807, 2.05) is 0 Å². The molecular formula is C11H14FNO4S. The van der Waals surface area contributed by atoms with Gasteiger partial charge < -0.3 is 5.11 Å². The smallest absolute Gasteiger partial charge is 0.338 e. The van der Waals surface area contributed by atoms with Crippen molar-refractivity contribution in [1.82, 2.24) is 4.72 Å². The highest BCUT2D eigenvalue weighted by Gasteiger charge is 2.20. The normalized spacial score (nSPS) is 13.3. The maximum absolute atomic E-state index is 13.1. The first kappa shape index (κ1) is 14.6. The molecule has 0 aliphatic carbocycles. The van der Waals surface area contributed by atoms with E-state index in [-0.39, 0.29) is 10.9 Å². The number of carboxylic acid groups (broad SMARTS) is 1. The lowest BCUT2D eigenvalue weighted by Crippen LogP contribution is -2.32. The molecule has 0 bridgehead atoms. The van der Waals surface area contributed by atoms with Crippen molar-refractivity contribution in [2.24, 2.45) is 0 Å². The van der Waals surface area contributed by atoms with Crippen LogP contribution >= 0.6 is 0 Å². The highest BCUT2D eigenvalue weighted by Crippen LogP contribution is 2.15. The number of hydrogen-bond acceptors (Lipinski definition) is 3. The fraction of sp³-hybridized carbons (Fsp3) is 0.364. The Hall–Kier alpha value is -1.47. The molecule has 0 aromatic heterocycles. The second kappa shape index (κ2) is 5.45. The van der Waals surface area contributed by atoms with Crippen molar-refractivity contribution in [2.75, 3.05) is 0 Å². The van der Waals surface area contributed by atoms with Crippen LogP contribution in [0.3, 0.4) is 0 Å². The number of nitrogens with one attached hydrogen (secondary N) is 1. The maximum atomic E-state index is 13.1. The molecular weight excluding hydrogens is 261 g/mol. The van der Waals surface area contributed by atoms with Crippen molar-refractivity contribution in [3.8, 4) is 0 Å². The lowest BCUT2D eigenvalue weighted by atomic mass is 10.2. The van der Waals surface area contributed by atoms with Gasteiger partial charge >= 0.3 is 5.97 Å². The minimum absolute atomic E-state index is 0.262. The standard InChI is InChI=1S/C11H14FNO4S/c1-3-7(2)13-18(16,17)8-4-5-10(12)9(6-8)11(14)15/h4-7,13H,3H2,1-2H3,(H,14,15)/t7-/m0/s1. The Balaban J connectivity index is 3.18. The van der Waals surface area contributed by atoms with Gasteiger partial charge in [0.15, 0.2) is 0 Å². The predicted molar refractivity (Wildman–Crippen MR) is 63.4 cm³/mol. The molecule has 0 radical (unpaired) electrons. The molecule has 0 fully saturated rings. The van der Waals surface area contributed by atoms with Crippen molar-refractivity contribution in [2.45, 2.75) is 31.2 Å². The highest BCUT2D eigenvalue weighted by atomic mass is 32.2. The number of hydrogen-bond donors (Lipinski definition) is 2. The van der Waals surface area contributed by atoms with Crippen LogP contribution in [0.15, 0.2) is 23.1 Å². The topological polar surface area (TPSA) is 83.5 Å². The van der Waals surface area contributed by atoms with E-state index < -0.39 is 27.4 Å². The Kier molecular flexibility index (Phi) is 4.42. The number of halogens is 1. The SMILES string of the molecule is CC[C@H](C)NS(=O)(=O)c1ccc(F)c(C(=O)O)c1. The van der Waals surface area contributed by atoms with E-state index in [1.54, 1.807) is 13.8 Å². The number of carboxylic acids is 1. The van der Waals surface area contributed by atoms with E-state index in [2.05, 4.69) is 4.72 Å². The Labute approximate surface area is 105 Å². The molecule has 5 nitrogen and oxygen atoms in total. The summed E-state index contributed by atoms with van der Waals surface area (Å²) in [7, 11) is -3.82. The average Bonchev–Trinajstić information content (AvgIpc) is 2.28. The quantitative estimate of drug-likeness (QED) is 0.855. The lowest BCUT2D eigenvalue weighted by molar-refractivity contribution is 0.0691. The van der Waals surface area contributed by atoms with E-state index in [1.165, 1.54) is 0 Å². The van der Waals surface area contributed by atoms with Crippen LogP contribution in [0, 0.1) is 5.82 Å². The van der Waals surface area contributed by atoms with Gasteiger partial charge in [-0.1, -0.05) is 6.92 Å². The number of sulfonamides is 1. The monoisotopic (exact) mass is 275 g/mol. The summed E-state index contributed by atoms with van der Waals surface area (Å²) in [6.07, 6.45) is 0.589. The van der Waals surface area contributed by atoms with Gasteiger partial charge in [-0.25, -0.2) is 22.3 Å². The summed E-state index contributed by atoms with van der Waals surface area (Å²) in [5.74, 6) is -2.47. The molecule has 7 heteroatoms. The Morgan fingerprint density at radius 3 is 2.61 bits per heavy atom. The summed E-state index contributed by atoms with van der Waals surface area (Å²) in [6, 6.07) is 2.39.